The minimum Gasteiger partial charge on any atom is -0.334 e. The van der Waals surface area contributed by atoms with Gasteiger partial charge in [0, 0.05) is 32.5 Å². The summed E-state index contributed by atoms with van der Waals surface area (Å²) >= 11 is 0. The lowest BCUT2D eigenvalue weighted by Gasteiger charge is -2.35. The van der Waals surface area contributed by atoms with E-state index in [9.17, 15) is 14.4 Å². The summed E-state index contributed by atoms with van der Waals surface area (Å²) in [6.07, 6.45) is 4.65. The summed E-state index contributed by atoms with van der Waals surface area (Å²) in [6, 6.07) is 8.86. The quantitative estimate of drug-likeness (QED) is 0.670. The zero-order chi connectivity index (χ0) is 20.5. The van der Waals surface area contributed by atoms with Gasteiger partial charge in [0.2, 0.25) is 5.91 Å². The van der Waals surface area contributed by atoms with Gasteiger partial charge in [-0.25, -0.2) is 9.78 Å². The molecule has 150 valence electrons. The van der Waals surface area contributed by atoms with Gasteiger partial charge in [-0.2, -0.15) is 0 Å². The maximum atomic E-state index is 13.0. The van der Waals surface area contributed by atoms with Crippen molar-refractivity contribution in [3.05, 3.63) is 68.8 Å². The fraction of sp³-hybridized carbons (Fsp3) is 0.381. The van der Waals surface area contributed by atoms with Gasteiger partial charge >= 0.3 is 5.69 Å². The fourth-order valence-electron chi connectivity index (χ4n) is 3.95. The van der Waals surface area contributed by atoms with E-state index >= 15 is 0 Å². The third kappa shape index (κ3) is 3.46. The van der Waals surface area contributed by atoms with E-state index in [0.717, 1.165) is 29.5 Å². The molecule has 3 aromatic rings. The van der Waals surface area contributed by atoms with Crippen LogP contribution in [0.2, 0.25) is 0 Å². The Morgan fingerprint density at radius 1 is 1.10 bits per heavy atom. The molecule has 0 aliphatic carbocycles. The minimum atomic E-state index is -0.418. The standard InChI is InChI=1S/C21H23N5O3/c1-24-19-15(20(28)25(2)21(24)29)9-10-16(23-19)17-8-4-6-12-26(17)18(27)13-14-7-3-5-11-22-14/h3,5,7,9-11,17H,4,6,8,12-13H2,1-2H3. The Kier molecular flexibility index (Phi) is 5.00. The first-order valence-corrected chi connectivity index (χ1v) is 9.73. The van der Waals surface area contributed by atoms with Gasteiger partial charge in [-0.15, -0.1) is 0 Å². The van der Waals surface area contributed by atoms with E-state index in [2.05, 4.69) is 9.97 Å². The highest BCUT2D eigenvalue weighted by atomic mass is 16.2. The van der Waals surface area contributed by atoms with E-state index in [1.165, 1.54) is 11.6 Å². The molecule has 8 heteroatoms. The summed E-state index contributed by atoms with van der Waals surface area (Å²) in [6.45, 7) is 0.658. The van der Waals surface area contributed by atoms with Crippen LogP contribution in [0.1, 0.15) is 36.7 Å². The van der Waals surface area contributed by atoms with Crippen LogP contribution in [0.15, 0.2) is 46.1 Å². The van der Waals surface area contributed by atoms with Crippen LogP contribution >= 0.6 is 0 Å². The smallest absolute Gasteiger partial charge is 0.332 e. The van der Waals surface area contributed by atoms with Gasteiger partial charge in [0.05, 0.1) is 23.5 Å². The van der Waals surface area contributed by atoms with E-state index in [4.69, 9.17) is 0 Å². The number of nitrogens with zero attached hydrogens (tertiary/aromatic N) is 5. The maximum absolute atomic E-state index is 13.0. The second-order valence-electron chi connectivity index (χ2n) is 7.41. The largest absolute Gasteiger partial charge is 0.334 e. The molecule has 0 radical (unpaired) electrons. The number of aryl methyl sites for hydroxylation is 1. The van der Waals surface area contributed by atoms with Crippen LogP contribution in [-0.4, -0.2) is 36.5 Å². The van der Waals surface area contributed by atoms with Crippen molar-refractivity contribution in [3.8, 4) is 0 Å². The summed E-state index contributed by atoms with van der Waals surface area (Å²) < 4.78 is 2.45. The Labute approximate surface area is 167 Å². The van der Waals surface area contributed by atoms with E-state index in [1.807, 2.05) is 23.1 Å². The molecule has 0 saturated carbocycles. The number of fused-ring (bicyclic) bond motifs is 1. The Balaban J connectivity index is 1.71. The van der Waals surface area contributed by atoms with Gasteiger partial charge in [-0.3, -0.25) is 23.7 Å². The summed E-state index contributed by atoms with van der Waals surface area (Å²) in [5.41, 5.74) is 1.00. The Bertz CT molecular complexity index is 1180. The number of carbonyl (C=O) groups is 1. The third-order valence-corrected chi connectivity index (χ3v) is 5.55. The van der Waals surface area contributed by atoms with Crippen molar-refractivity contribution in [1.29, 1.82) is 0 Å². The number of rotatable bonds is 3. The topological polar surface area (TPSA) is 90.1 Å². The Hall–Kier alpha value is -3.29. The molecule has 1 aliphatic heterocycles. The average Bonchev–Trinajstić information content (AvgIpc) is 2.76. The van der Waals surface area contributed by atoms with Crippen molar-refractivity contribution in [1.82, 2.24) is 24.0 Å². The lowest BCUT2D eigenvalue weighted by Crippen LogP contribution is -2.40. The molecule has 3 aromatic heterocycles. The number of pyridine rings is 2. The predicted molar refractivity (Wildman–Crippen MR) is 108 cm³/mol. The molecule has 1 aliphatic rings. The van der Waals surface area contributed by atoms with E-state index < -0.39 is 5.69 Å². The molecule has 29 heavy (non-hydrogen) atoms. The Morgan fingerprint density at radius 3 is 2.69 bits per heavy atom. The van der Waals surface area contributed by atoms with Crippen LogP contribution < -0.4 is 11.2 Å². The van der Waals surface area contributed by atoms with E-state index in [-0.39, 0.29) is 23.9 Å². The maximum Gasteiger partial charge on any atom is 0.332 e. The fourth-order valence-corrected chi connectivity index (χ4v) is 3.95. The monoisotopic (exact) mass is 393 g/mol. The molecule has 4 heterocycles. The number of piperidine rings is 1. The lowest BCUT2D eigenvalue weighted by molar-refractivity contribution is -0.134. The molecule has 1 saturated heterocycles. The molecule has 8 nitrogen and oxygen atoms in total. The van der Waals surface area contributed by atoms with Crippen molar-refractivity contribution in [2.24, 2.45) is 14.1 Å². The number of amides is 1. The number of hydrogen-bond donors (Lipinski definition) is 0. The van der Waals surface area contributed by atoms with Crippen LogP contribution in [-0.2, 0) is 25.3 Å². The first-order chi connectivity index (χ1) is 14.0. The highest BCUT2D eigenvalue weighted by Crippen LogP contribution is 2.31. The van der Waals surface area contributed by atoms with Crippen molar-refractivity contribution in [2.75, 3.05) is 6.54 Å². The normalized spacial score (nSPS) is 16.9. The minimum absolute atomic E-state index is 0.00756. The van der Waals surface area contributed by atoms with Gasteiger partial charge in [-0.05, 0) is 43.5 Å². The number of carbonyl (C=O) groups excluding carboxylic acids is 1. The molecule has 1 amide bonds. The molecular formula is C21H23N5O3. The summed E-state index contributed by atoms with van der Waals surface area (Å²) in [5.74, 6) is 0.00756. The van der Waals surface area contributed by atoms with Crippen molar-refractivity contribution in [3.63, 3.8) is 0 Å². The molecule has 0 aromatic carbocycles. The molecular weight excluding hydrogens is 370 g/mol. The number of hydrogen-bond acceptors (Lipinski definition) is 5. The molecule has 1 fully saturated rings. The van der Waals surface area contributed by atoms with Crippen LogP contribution in [0, 0.1) is 0 Å². The molecule has 4 rings (SSSR count). The van der Waals surface area contributed by atoms with Crippen LogP contribution in [0.25, 0.3) is 11.0 Å². The molecule has 1 unspecified atom stereocenters. The molecule has 0 bridgehead atoms. The summed E-state index contributed by atoms with van der Waals surface area (Å²) in [7, 11) is 3.06. The van der Waals surface area contributed by atoms with Gasteiger partial charge in [0.15, 0.2) is 0 Å². The SMILES string of the molecule is Cn1c(=O)c2ccc(C3CCCCN3C(=O)Cc3ccccn3)nc2n(C)c1=O. The first kappa shape index (κ1) is 19.0. The molecule has 0 spiro atoms. The highest BCUT2D eigenvalue weighted by molar-refractivity contribution is 5.79. The number of likely N-dealkylation sites (tertiary alicyclic amines) is 1. The zero-order valence-corrected chi connectivity index (χ0v) is 16.5. The second-order valence-corrected chi connectivity index (χ2v) is 7.41. The summed E-state index contributed by atoms with van der Waals surface area (Å²) in [4.78, 5) is 48.4. The van der Waals surface area contributed by atoms with E-state index in [1.54, 1.807) is 25.4 Å². The van der Waals surface area contributed by atoms with Gasteiger partial charge in [0.1, 0.15) is 5.65 Å². The molecule has 1 atom stereocenters. The van der Waals surface area contributed by atoms with Crippen molar-refractivity contribution >= 4 is 16.9 Å². The first-order valence-electron chi connectivity index (χ1n) is 9.73. The zero-order valence-electron chi connectivity index (χ0n) is 16.5. The summed E-state index contributed by atoms with van der Waals surface area (Å²) in [5, 5.41) is 0.389. The van der Waals surface area contributed by atoms with Crippen LogP contribution in [0.4, 0.5) is 0 Å². The predicted octanol–water partition coefficient (Wildman–Crippen LogP) is 1.32. The number of aromatic nitrogens is 4. The Morgan fingerprint density at radius 2 is 1.93 bits per heavy atom. The third-order valence-electron chi connectivity index (χ3n) is 5.55. The second kappa shape index (κ2) is 7.62. The molecule has 0 N–H and O–H groups in total. The van der Waals surface area contributed by atoms with Crippen molar-refractivity contribution in [2.45, 2.75) is 31.7 Å². The lowest BCUT2D eigenvalue weighted by atomic mass is 9.98. The van der Waals surface area contributed by atoms with Crippen LogP contribution in [0.5, 0.6) is 0 Å². The van der Waals surface area contributed by atoms with Gasteiger partial charge < -0.3 is 4.90 Å². The van der Waals surface area contributed by atoms with Crippen LogP contribution in [0.3, 0.4) is 0 Å². The van der Waals surface area contributed by atoms with Gasteiger partial charge in [-0.1, -0.05) is 6.07 Å². The average molecular weight is 393 g/mol. The van der Waals surface area contributed by atoms with Gasteiger partial charge in [0.25, 0.3) is 5.56 Å². The highest BCUT2D eigenvalue weighted by Gasteiger charge is 2.29. The van der Waals surface area contributed by atoms with Crippen molar-refractivity contribution < 1.29 is 4.79 Å². The van der Waals surface area contributed by atoms with E-state index in [0.29, 0.717) is 23.3 Å².